The van der Waals surface area contributed by atoms with Crippen LogP contribution in [0, 0.1) is 5.41 Å². The molecule has 118 valence electrons. The molecule has 0 fully saturated rings. The van der Waals surface area contributed by atoms with Gasteiger partial charge in [0.1, 0.15) is 0 Å². The van der Waals surface area contributed by atoms with Gasteiger partial charge >= 0.3 is 0 Å². The number of carbonyl (C=O) groups is 1. The van der Waals surface area contributed by atoms with Crippen LogP contribution in [-0.4, -0.2) is 36.3 Å². The van der Waals surface area contributed by atoms with Gasteiger partial charge in [-0.05, 0) is 38.6 Å². The van der Waals surface area contributed by atoms with Gasteiger partial charge in [0.2, 0.25) is 5.91 Å². The molecule has 1 rings (SSSR count). The Morgan fingerprint density at radius 3 is 1.86 bits per heavy atom. The number of hydrogen-bond acceptors (Lipinski definition) is 2. The average Bonchev–Trinajstić information content (AvgIpc) is 2.45. The fourth-order valence-corrected chi connectivity index (χ4v) is 2.24. The summed E-state index contributed by atoms with van der Waals surface area (Å²) >= 11 is 0. The number of carbonyl (C=O) groups excluding carboxylic acids is 1. The highest BCUT2D eigenvalue weighted by Gasteiger charge is 2.29. The Morgan fingerprint density at radius 2 is 1.48 bits per heavy atom. The molecule has 21 heavy (non-hydrogen) atoms. The predicted molar refractivity (Wildman–Crippen MR) is 89.0 cm³/mol. The molecule has 0 aromatic heterocycles. The number of benzene rings is 1. The molecule has 3 heteroatoms. The lowest BCUT2D eigenvalue weighted by atomic mass is 9.88. The van der Waals surface area contributed by atoms with Crippen molar-refractivity contribution in [2.75, 3.05) is 20.6 Å². The molecular weight excluding hydrogens is 260 g/mol. The number of nitrogens with zero attached hydrogens (tertiary/aromatic N) is 2. The SMILES string of the molecule is CCN(Cc1ccc(CN(C)C)cc1)C(=O)C(C)(C)CC. The maximum Gasteiger partial charge on any atom is 0.228 e. The molecule has 0 heterocycles. The van der Waals surface area contributed by atoms with E-state index in [0.717, 1.165) is 19.5 Å². The monoisotopic (exact) mass is 290 g/mol. The molecule has 1 aromatic carbocycles. The van der Waals surface area contributed by atoms with Gasteiger partial charge in [-0.25, -0.2) is 0 Å². The molecule has 0 aliphatic rings. The first kappa shape index (κ1) is 17.7. The summed E-state index contributed by atoms with van der Waals surface area (Å²) in [6, 6.07) is 8.57. The van der Waals surface area contributed by atoms with Crippen LogP contribution in [0.1, 0.15) is 45.2 Å². The van der Waals surface area contributed by atoms with Gasteiger partial charge in [-0.2, -0.15) is 0 Å². The van der Waals surface area contributed by atoms with Crippen LogP contribution in [0.2, 0.25) is 0 Å². The highest BCUT2D eigenvalue weighted by molar-refractivity contribution is 5.81. The summed E-state index contributed by atoms with van der Waals surface area (Å²) in [4.78, 5) is 16.7. The molecule has 0 spiro atoms. The van der Waals surface area contributed by atoms with E-state index in [9.17, 15) is 4.79 Å². The van der Waals surface area contributed by atoms with Crippen LogP contribution in [-0.2, 0) is 17.9 Å². The van der Waals surface area contributed by atoms with Gasteiger partial charge in [0.25, 0.3) is 0 Å². The lowest BCUT2D eigenvalue weighted by Crippen LogP contribution is -2.40. The summed E-state index contributed by atoms with van der Waals surface area (Å²) in [5.41, 5.74) is 2.22. The van der Waals surface area contributed by atoms with Gasteiger partial charge in [0.15, 0.2) is 0 Å². The highest BCUT2D eigenvalue weighted by atomic mass is 16.2. The van der Waals surface area contributed by atoms with E-state index >= 15 is 0 Å². The third-order valence-corrected chi connectivity index (χ3v) is 4.03. The second-order valence-electron chi connectivity index (χ2n) is 6.61. The minimum atomic E-state index is -0.277. The molecule has 3 nitrogen and oxygen atoms in total. The molecular formula is C18H30N2O. The lowest BCUT2D eigenvalue weighted by Gasteiger charge is -2.30. The zero-order chi connectivity index (χ0) is 16.0. The first-order valence-electron chi connectivity index (χ1n) is 7.82. The first-order chi connectivity index (χ1) is 9.80. The zero-order valence-electron chi connectivity index (χ0n) is 14.4. The van der Waals surface area contributed by atoms with E-state index in [1.807, 2.05) is 25.7 Å². The Labute approximate surface area is 129 Å². The second kappa shape index (κ2) is 7.60. The van der Waals surface area contributed by atoms with E-state index in [2.05, 4.69) is 50.2 Å². The lowest BCUT2D eigenvalue weighted by molar-refractivity contribution is -0.141. The predicted octanol–water partition coefficient (Wildman–Crippen LogP) is 3.53. The van der Waals surface area contributed by atoms with E-state index < -0.39 is 0 Å². The van der Waals surface area contributed by atoms with Crippen LogP contribution in [0.15, 0.2) is 24.3 Å². The third-order valence-electron chi connectivity index (χ3n) is 4.03. The van der Waals surface area contributed by atoms with Crippen molar-refractivity contribution < 1.29 is 4.79 Å². The Bertz CT molecular complexity index is 449. The van der Waals surface area contributed by atoms with Crippen LogP contribution < -0.4 is 0 Å². The molecule has 1 amide bonds. The maximum absolute atomic E-state index is 12.6. The molecule has 0 saturated carbocycles. The van der Waals surface area contributed by atoms with Gasteiger partial charge in [-0.1, -0.05) is 45.0 Å². The summed E-state index contributed by atoms with van der Waals surface area (Å²) in [5.74, 6) is 0.241. The maximum atomic E-state index is 12.6. The van der Waals surface area contributed by atoms with Crippen LogP contribution in [0.3, 0.4) is 0 Å². The number of hydrogen-bond donors (Lipinski definition) is 0. The van der Waals surface area contributed by atoms with Crippen LogP contribution >= 0.6 is 0 Å². The fraction of sp³-hybridized carbons (Fsp3) is 0.611. The van der Waals surface area contributed by atoms with Crippen molar-refractivity contribution in [1.29, 1.82) is 0 Å². The molecule has 0 saturated heterocycles. The second-order valence-corrected chi connectivity index (χ2v) is 6.61. The van der Waals surface area contributed by atoms with Crippen LogP contribution in [0.25, 0.3) is 0 Å². The quantitative estimate of drug-likeness (QED) is 0.767. The summed E-state index contributed by atoms with van der Waals surface area (Å²) in [6.07, 6.45) is 0.865. The normalized spacial score (nSPS) is 11.8. The van der Waals surface area contributed by atoms with Crippen molar-refractivity contribution in [3.63, 3.8) is 0 Å². The molecule has 0 aliphatic heterocycles. The topological polar surface area (TPSA) is 23.6 Å². The molecule has 0 bridgehead atoms. The minimum absolute atomic E-state index is 0.241. The summed E-state index contributed by atoms with van der Waals surface area (Å²) in [6.45, 7) is 10.6. The molecule has 1 aromatic rings. The number of amides is 1. The largest absolute Gasteiger partial charge is 0.338 e. The van der Waals surface area contributed by atoms with Crippen molar-refractivity contribution >= 4 is 5.91 Å². The fourth-order valence-electron chi connectivity index (χ4n) is 2.24. The standard InChI is InChI=1S/C18H30N2O/c1-7-18(3,4)17(21)20(8-2)14-16-11-9-15(10-12-16)13-19(5)6/h9-12H,7-8,13-14H2,1-6H3. The van der Waals surface area contributed by atoms with E-state index in [4.69, 9.17) is 0 Å². The smallest absolute Gasteiger partial charge is 0.228 e. The van der Waals surface area contributed by atoms with Crippen molar-refractivity contribution in [1.82, 2.24) is 9.80 Å². The Kier molecular flexibility index (Phi) is 6.41. The summed E-state index contributed by atoms with van der Waals surface area (Å²) in [5, 5.41) is 0. The third kappa shape index (κ3) is 5.16. The van der Waals surface area contributed by atoms with Crippen LogP contribution in [0.5, 0.6) is 0 Å². The Hall–Kier alpha value is -1.35. The molecule has 0 N–H and O–H groups in total. The molecule has 0 atom stereocenters. The van der Waals surface area contributed by atoms with Crippen molar-refractivity contribution in [2.45, 2.75) is 47.2 Å². The Balaban J connectivity index is 2.76. The van der Waals surface area contributed by atoms with Gasteiger partial charge in [0, 0.05) is 25.0 Å². The zero-order valence-corrected chi connectivity index (χ0v) is 14.4. The molecule has 0 radical (unpaired) electrons. The van der Waals surface area contributed by atoms with E-state index in [0.29, 0.717) is 6.54 Å². The van der Waals surface area contributed by atoms with E-state index in [1.165, 1.54) is 11.1 Å². The van der Waals surface area contributed by atoms with Gasteiger partial charge < -0.3 is 9.80 Å². The minimum Gasteiger partial charge on any atom is -0.338 e. The first-order valence-corrected chi connectivity index (χ1v) is 7.82. The van der Waals surface area contributed by atoms with Crippen molar-refractivity contribution in [3.05, 3.63) is 35.4 Å². The van der Waals surface area contributed by atoms with Crippen LogP contribution in [0.4, 0.5) is 0 Å². The summed E-state index contributed by atoms with van der Waals surface area (Å²) in [7, 11) is 4.14. The van der Waals surface area contributed by atoms with Crippen molar-refractivity contribution in [2.24, 2.45) is 5.41 Å². The number of rotatable bonds is 7. The van der Waals surface area contributed by atoms with Crippen molar-refractivity contribution in [3.8, 4) is 0 Å². The highest BCUT2D eigenvalue weighted by Crippen LogP contribution is 2.24. The summed E-state index contributed by atoms with van der Waals surface area (Å²) < 4.78 is 0. The van der Waals surface area contributed by atoms with Gasteiger partial charge in [-0.15, -0.1) is 0 Å². The average molecular weight is 290 g/mol. The Morgan fingerprint density at radius 1 is 1.00 bits per heavy atom. The molecule has 0 unspecified atom stereocenters. The molecule has 0 aliphatic carbocycles. The van der Waals surface area contributed by atoms with Gasteiger partial charge in [0.05, 0.1) is 0 Å². The van der Waals surface area contributed by atoms with Gasteiger partial charge in [-0.3, -0.25) is 4.79 Å². The van der Waals surface area contributed by atoms with E-state index in [1.54, 1.807) is 0 Å². The van der Waals surface area contributed by atoms with E-state index in [-0.39, 0.29) is 11.3 Å².